The molecule has 0 amide bonds. The Morgan fingerprint density at radius 1 is 0.896 bits per heavy atom. The number of fused-ring (bicyclic) bond motifs is 1. The Kier molecular flexibility index (Phi) is 8.66. The molecule has 3 aromatic carbocycles. The van der Waals surface area contributed by atoms with E-state index in [1.54, 1.807) is 38.1 Å². The van der Waals surface area contributed by atoms with Gasteiger partial charge < -0.3 is 25.4 Å². The molecule has 3 atom stereocenters. The van der Waals surface area contributed by atoms with Gasteiger partial charge in [-0.3, -0.25) is 4.79 Å². The fraction of sp³-hybridized carbons (Fsp3) is 0.290. The van der Waals surface area contributed by atoms with Crippen LogP contribution < -0.4 is 20.9 Å². The van der Waals surface area contributed by atoms with Crippen LogP contribution in [0.15, 0.2) is 52.9 Å². The zero-order valence-corrected chi connectivity index (χ0v) is 26.3. The van der Waals surface area contributed by atoms with E-state index in [2.05, 4.69) is 36.0 Å². The minimum absolute atomic E-state index is 0.0169. The van der Waals surface area contributed by atoms with Gasteiger partial charge in [0.25, 0.3) is 0 Å². The van der Waals surface area contributed by atoms with Crippen molar-refractivity contribution in [2.75, 3.05) is 11.5 Å². The molecule has 48 heavy (non-hydrogen) atoms. The summed E-state index contributed by atoms with van der Waals surface area (Å²) in [5, 5.41) is 22.6. The van der Waals surface area contributed by atoms with Gasteiger partial charge in [0.1, 0.15) is 29.8 Å². The Morgan fingerprint density at radius 2 is 1.52 bits per heavy atom. The number of anilines is 2. The van der Waals surface area contributed by atoms with Gasteiger partial charge in [-0.1, -0.05) is 41.4 Å². The molecule has 0 radical (unpaired) electrons. The lowest BCUT2D eigenvalue weighted by atomic mass is 9.92. The van der Waals surface area contributed by atoms with Crippen molar-refractivity contribution in [3.05, 3.63) is 88.3 Å². The van der Waals surface area contributed by atoms with E-state index in [1.807, 2.05) is 6.92 Å². The van der Waals surface area contributed by atoms with E-state index in [0.29, 0.717) is 29.0 Å². The second-order valence-corrected chi connectivity index (χ2v) is 11.2. The van der Waals surface area contributed by atoms with E-state index in [1.165, 1.54) is 40.6 Å². The predicted octanol–water partition coefficient (Wildman–Crippen LogP) is 4.65. The van der Waals surface area contributed by atoms with Crippen molar-refractivity contribution in [2.45, 2.75) is 58.9 Å². The average Bonchev–Trinajstić information content (AvgIpc) is 3.78. The number of hydrogen-bond donors (Lipinski definition) is 2. The number of carbonyl (C=O) groups is 1. The van der Waals surface area contributed by atoms with Crippen molar-refractivity contribution in [1.29, 1.82) is 0 Å². The maximum absolute atomic E-state index is 14.1. The van der Waals surface area contributed by atoms with Gasteiger partial charge >= 0.3 is 0 Å². The van der Waals surface area contributed by atoms with E-state index in [-0.39, 0.29) is 58.6 Å². The maximum Gasteiger partial charge on any atom is 0.243 e. The number of oxazole rings is 1. The van der Waals surface area contributed by atoms with Gasteiger partial charge in [0.15, 0.2) is 17.4 Å². The van der Waals surface area contributed by atoms with Crippen LogP contribution in [-0.4, -0.2) is 51.2 Å². The van der Waals surface area contributed by atoms with Crippen molar-refractivity contribution in [1.82, 2.24) is 45.4 Å². The molecule has 6 aromatic rings. The topological polar surface area (TPSA) is 201 Å². The second-order valence-electron chi connectivity index (χ2n) is 11.2. The summed E-state index contributed by atoms with van der Waals surface area (Å²) in [7, 11) is 0. The smallest absolute Gasteiger partial charge is 0.243 e. The zero-order valence-electron chi connectivity index (χ0n) is 26.3. The van der Waals surface area contributed by atoms with Crippen LogP contribution in [-0.2, 0) is 6.54 Å². The van der Waals surface area contributed by atoms with Crippen molar-refractivity contribution >= 4 is 28.8 Å². The highest BCUT2D eigenvalue weighted by Gasteiger charge is 2.33. The number of Topliss-reactive ketones (excluding diaryl/α,β-unsaturated/α-hetero) is 1. The summed E-state index contributed by atoms with van der Waals surface area (Å²) < 4.78 is 49.7. The average molecular weight is 660 g/mol. The number of nitrogens with zero attached hydrogens (tertiary/aromatic N) is 9. The third kappa shape index (κ3) is 6.33. The van der Waals surface area contributed by atoms with Gasteiger partial charge in [0, 0.05) is 6.92 Å². The molecule has 3 aromatic heterocycles. The molecular formula is C31H31F2N11O4. The summed E-state index contributed by atoms with van der Waals surface area (Å²) in [6.45, 7) is 6.58. The van der Waals surface area contributed by atoms with Gasteiger partial charge in [-0.25, -0.2) is 18.4 Å². The Bertz CT molecular complexity index is 2080. The largest absolute Gasteiger partial charge is 0.478 e. The van der Waals surface area contributed by atoms with Crippen molar-refractivity contribution in [3.8, 4) is 11.5 Å². The van der Waals surface area contributed by atoms with Crippen LogP contribution >= 0.6 is 0 Å². The molecule has 0 saturated heterocycles. The number of hydrogen-bond acceptors (Lipinski definition) is 13. The quantitative estimate of drug-likeness (QED) is 0.172. The number of ketones is 1. The Balaban J connectivity index is 1.52. The first-order valence-corrected chi connectivity index (χ1v) is 14.8. The summed E-state index contributed by atoms with van der Waals surface area (Å²) in [6.07, 6.45) is -1.57. The monoisotopic (exact) mass is 659 g/mol. The molecule has 0 saturated carbocycles. The van der Waals surface area contributed by atoms with Crippen LogP contribution in [0.5, 0.6) is 11.5 Å². The highest BCUT2D eigenvalue weighted by molar-refractivity contribution is 6.05. The van der Waals surface area contributed by atoms with Crippen molar-refractivity contribution in [2.24, 2.45) is 0 Å². The van der Waals surface area contributed by atoms with E-state index in [0.717, 1.165) is 5.56 Å². The fourth-order valence-corrected chi connectivity index (χ4v) is 5.50. The lowest BCUT2D eigenvalue weighted by molar-refractivity contribution is 0.0816. The number of halogens is 2. The minimum atomic E-state index is -1.16. The van der Waals surface area contributed by atoms with Gasteiger partial charge in [0.2, 0.25) is 29.5 Å². The standard InChI is InChI=1S/C31H31F2N11O4/c1-15(19-5-9-21(32)10-6-19)13-23(20-7-11-22(33)12-8-20)47-29-27(25(17(3)45)16(2)26-28(29)46-18(4)36-26)48-24(44-31(35)38-40-42-44)14-43-30(34)37-39-41-43/h5-12,15,23-24H,13-14H2,1-4H3,(H2,34,37,41)(H2,35,38,42). The maximum atomic E-state index is 14.1. The summed E-state index contributed by atoms with van der Waals surface area (Å²) in [6, 6.07) is 12.0. The van der Waals surface area contributed by atoms with E-state index in [9.17, 15) is 13.6 Å². The molecule has 0 spiro atoms. The Morgan fingerprint density at radius 3 is 2.10 bits per heavy atom. The number of ether oxygens (including phenoxy) is 2. The number of aryl methyl sites for hydroxylation is 2. The molecule has 17 heteroatoms. The molecule has 6 rings (SSSR count). The van der Waals surface area contributed by atoms with E-state index in [4.69, 9.17) is 25.4 Å². The number of nitrogens with two attached hydrogens (primary N) is 2. The van der Waals surface area contributed by atoms with Gasteiger partial charge in [0.05, 0.1) is 5.56 Å². The number of carbonyl (C=O) groups excluding carboxylic acids is 1. The zero-order chi connectivity index (χ0) is 34.1. The first kappa shape index (κ1) is 32.0. The lowest BCUT2D eigenvalue weighted by Gasteiger charge is -2.27. The van der Waals surface area contributed by atoms with Crippen LogP contribution in [0.1, 0.15) is 71.5 Å². The normalized spacial score (nSPS) is 13.4. The van der Waals surface area contributed by atoms with Gasteiger partial charge in [-0.15, -0.1) is 0 Å². The Hall–Kier alpha value is -6.00. The summed E-state index contributed by atoms with van der Waals surface area (Å²) >= 11 is 0. The number of aromatic nitrogens is 9. The van der Waals surface area contributed by atoms with Crippen LogP contribution in [0.2, 0.25) is 0 Å². The highest BCUT2D eigenvalue weighted by Crippen LogP contribution is 2.47. The summed E-state index contributed by atoms with van der Waals surface area (Å²) in [5.74, 6) is -1.11. The van der Waals surface area contributed by atoms with E-state index >= 15 is 0 Å². The van der Waals surface area contributed by atoms with Gasteiger partial charge in [-0.2, -0.15) is 4.68 Å². The number of nitrogen functional groups attached to an aromatic ring is 2. The molecule has 0 fully saturated rings. The number of tetrazole rings is 2. The lowest BCUT2D eigenvalue weighted by Crippen LogP contribution is -2.26. The third-order valence-corrected chi connectivity index (χ3v) is 7.90. The minimum Gasteiger partial charge on any atom is -0.478 e. The van der Waals surface area contributed by atoms with Crippen LogP contribution in [0.4, 0.5) is 20.7 Å². The SMILES string of the molecule is CC(=O)c1c(OC(Cn2nnnc2N)n2nnnc2N)c(OC(CC(C)c2ccc(F)cc2)c2ccc(F)cc2)c2oc(C)nc2c1C. The molecule has 0 aliphatic rings. The first-order valence-electron chi connectivity index (χ1n) is 14.8. The summed E-state index contributed by atoms with van der Waals surface area (Å²) in [5.41, 5.74) is 14.7. The predicted molar refractivity (Wildman–Crippen MR) is 167 cm³/mol. The second kappa shape index (κ2) is 13.0. The fourth-order valence-electron chi connectivity index (χ4n) is 5.50. The molecular weight excluding hydrogens is 628 g/mol. The third-order valence-electron chi connectivity index (χ3n) is 7.90. The van der Waals surface area contributed by atoms with Crippen molar-refractivity contribution in [3.63, 3.8) is 0 Å². The van der Waals surface area contributed by atoms with Crippen LogP contribution in [0, 0.1) is 25.5 Å². The molecule has 15 nitrogen and oxygen atoms in total. The molecule has 4 N–H and O–H groups in total. The molecule has 3 heterocycles. The molecule has 248 valence electrons. The van der Waals surface area contributed by atoms with Gasteiger partial charge in [-0.05, 0) is 88.0 Å². The van der Waals surface area contributed by atoms with E-state index < -0.39 is 18.1 Å². The molecule has 0 bridgehead atoms. The number of benzene rings is 3. The van der Waals surface area contributed by atoms with Crippen LogP contribution in [0.25, 0.3) is 11.1 Å². The molecule has 0 aliphatic carbocycles. The summed E-state index contributed by atoms with van der Waals surface area (Å²) in [4.78, 5) is 17.9. The highest BCUT2D eigenvalue weighted by atomic mass is 19.1. The first-order chi connectivity index (χ1) is 23.0. The van der Waals surface area contributed by atoms with Crippen LogP contribution in [0.3, 0.4) is 0 Å². The molecule has 3 unspecified atom stereocenters. The van der Waals surface area contributed by atoms with Crippen molar-refractivity contribution < 1.29 is 27.5 Å². The number of rotatable bonds is 12. The Labute approximate surface area is 271 Å². The molecule has 0 aliphatic heterocycles.